The maximum Gasteiger partial charge on any atom is 0.183 e. The Labute approximate surface area is 89.7 Å². The van der Waals surface area contributed by atoms with Crippen molar-refractivity contribution >= 4 is 16.5 Å². The lowest BCUT2D eigenvalue weighted by atomic mass is 10.1. The predicted octanol–water partition coefficient (Wildman–Crippen LogP) is 2.24. The van der Waals surface area contributed by atoms with Crippen LogP contribution in [0.3, 0.4) is 0 Å². The highest BCUT2D eigenvalue weighted by Gasteiger charge is 2.07. The standard InChI is InChI=1S/C10H19N3S/c1-4-9-6-14-10(13-9)12-8(3)5-7(2)11/h6-8H,4-5,11H2,1-3H3,(H,12,13). The van der Waals surface area contributed by atoms with Gasteiger partial charge in [-0.3, -0.25) is 0 Å². The highest BCUT2D eigenvalue weighted by molar-refractivity contribution is 7.13. The predicted molar refractivity (Wildman–Crippen MR) is 62.8 cm³/mol. The Kier molecular flexibility index (Phi) is 4.35. The van der Waals surface area contributed by atoms with Crippen LogP contribution in [0.1, 0.15) is 32.9 Å². The van der Waals surface area contributed by atoms with E-state index in [1.54, 1.807) is 11.3 Å². The molecule has 80 valence electrons. The molecule has 1 aromatic rings. The first-order chi connectivity index (χ1) is 6.61. The van der Waals surface area contributed by atoms with Gasteiger partial charge in [-0.2, -0.15) is 0 Å². The number of anilines is 1. The second-order valence-corrected chi connectivity index (χ2v) is 4.61. The van der Waals surface area contributed by atoms with E-state index in [0.29, 0.717) is 6.04 Å². The van der Waals surface area contributed by atoms with Crippen molar-refractivity contribution in [1.29, 1.82) is 0 Å². The topological polar surface area (TPSA) is 50.9 Å². The molecule has 0 fully saturated rings. The number of nitrogens with zero attached hydrogens (tertiary/aromatic N) is 1. The molecule has 0 saturated carbocycles. The Bertz CT molecular complexity index is 270. The zero-order valence-corrected chi connectivity index (χ0v) is 9.90. The second-order valence-electron chi connectivity index (χ2n) is 3.76. The molecule has 0 aliphatic rings. The maximum absolute atomic E-state index is 5.72. The van der Waals surface area contributed by atoms with Gasteiger partial charge in [0.15, 0.2) is 5.13 Å². The molecule has 0 bridgehead atoms. The molecule has 0 aliphatic carbocycles. The van der Waals surface area contributed by atoms with E-state index in [9.17, 15) is 0 Å². The fraction of sp³-hybridized carbons (Fsp3) is 0.700. The van der Waals surface area contributed by atoms with Gasteiger partial charge in [0, 0.05) is 17.5 Å². The number of aryl methyl sites for hydroxylation is 1. The SMILES string of the molecule is CCc1csc(NC(C)CC(C)N)n1. The number of aromatic nitrogens is 1. The van der Waals surface area contributed by atoms with Crippen molar-refractivity contribution < 1.29 is 0 Å². The Hall–Kier alpha value is -0.610. The van der Waals surface area contributed by atoms with Crippen LogP contribution in [0.15, 0.2) is 5.38 Å². The largest absolute Gasteiger partial charge is 0.359 e. The van der Waals surface area contributed by atoms with Crippen molar-refractivity contribution in [1.82, 2.24) is 4.98 Å². The normalized spacial score (nSPS) is 15.1. The third kappa shape index (κ3) is 3.64. The minimum Gasteiger partial charge on any atom is -0.359 e. The fourth-order valence-corrected chi connectivity index (χ4v) is 2.27. The molecular formula is C10H19N3S. The zero-order chi connectivity index (χ0) is 10.6. The Morgan fingerprint density at radius 3 is 2.79 bits per heavy atom. The van der Waals surface area contributed by atoms with Crippen molar-refractivity contribution in [3.63, 3.8) is 0 Å². The van der Waals surface area contributed by atoms with Gasteiger partial charge in [0.25, 0.3) is 0 Å². The van der Waals surface area contributed by atoms with Gasteiger partial charge in [0.05, 0.1) is 5.69 Å². The molecule has 2 atom stereocenters. The molecule has 0 aliphatic heterocycles. The van der Waals surface area contributed by atoms with E-state index >= 15 is 0 Å². The summed E-state index contributed by atoms with van der Waals surface area (Å²) >= 11 is 1.67. The van der Waals surface area contributed by atoms with Crippen LogP contribution in [0.5, 0.6) is 0 Å². The molecule has 1 rings (SSSR count). The van der Waals surface area contributed by atoms with Crippen LogP contribution in [0.2, 0.25) is 0 Å². The number of rotatable bonds is 5. The van der Waals surface area contributed by atoms with E-state index in [-0.39, 0.29) is 6.04 Å². The first kappa shape index (κ1) is 11.5. The first-order valence-corrected chi connectivity index (χ1v) is 5.96. The van der Waals surface area contributed by atoms with Crippen LogP contribution >= 0.6 is 11.3 Å². The van der Waals surface area contributed by atoms with Gasteiger partial charge in [0.2, 0.25) is 0 Å². The van der Waals surface area contributed by atoms with Crippen LogP contribution in [0, 0.1) is 0 Å². The van der Waals surface area contributed by atoms with Crippen LogP contribution in [-0.4, -0.2) is 17.1 Å². The molecule has 0 amide bonds. The molecule has 4 heteroatoms. The summed E-state index contributed by atoms with van der Waals surface area (Å²) in [6, 6.07) is 0.633. The van der Waals surface area contributed by atoms with Crippen molar-refractivity contribution in [3.8, 4) is 0 Å². The summed E-state index contributed by atoms with van der Waals surface area (Å²) in [6.07, 6.45) is 1.97. The number of nitrogens with two attached hydrogens (primary N) is 1. The molecule has 3 N–H and O–H groups in total. The van der Waals surface area contributed by atoms with E-state index in [2.05, 4.69) is 29.5 Å². The molecule has 14 heavy (non-hydrogen) atoms. The summed E-state index contributed by atoms with van der Waals surface area (Å²) in [6.45, 7) is 6.28. The van der Waals surface area contributed by atoms with E-state index in [4.69, 9.17) is 5.73 Å². The third-order valence-corrected chi connectivity index (χ3v) is 2.83. The van der Waals surface area contributed by atoms with Gasteiger partial charge in [-0.1, -0.05) is 6.92 Å². The molecule has 2 unspecified atom stereocenters. The molecule has 0 saturated heterocycles. The third-order valence-electron chi connectivity index (χ3n) is 2.01. The number of hydrogen-bond acceptors (Lipinski definition) is 4. The number of nitrogens with one attached hydrogen (secondary N) is 1. The molecular weight excluding hydrogens is 194 g/mol. The molecule has 1 heterocycles. The Balaban J connectivity index is 2.43. The van der Waals surface area contributed by atoms with Crippen molar-refractivity contribution in [3.05, 3.63) is 11.1 Å². The van der Waals surface area contributed by atoms with E-state index in [1.807, 2.05) is 6.92 Å². The summed E-state index contributed by atoms with van der Waals surface area (Å²) in [4.78, 5) is 4.44. The molecule has 0 aromatic carbocycles. The number of thiazole rings is 1. The lowest BCUT2D eigenvalue weighted by Gasteiger charge is -2.14. The van der Waals surface area contributed by atoms with Gasteiger partial charge in [-0.15, -0.1) is 11.3 Å². The van der Waals surface area contributed by atoms with Gasteiger partial charge in [-0.05, 0) is 26.7 Å². The first-order valence-electron chi connectivity index (χ1n) is 5.08. The summed E-state index contributed by atoms with van der Waals surface area (Å²) in [5.74, 6) is 0. The molecule has 0 radical (unpaired) electrons. The minimum absolute atomic E-state index is 0.239. The van der Waals surface area contributed by atoms with Gasteiger partial charge in [-0.25, -0.2) is 4.98 Å². The van der Waals surface area contributed by atoms with Crippen molar-refractivity contribution in [2.45, 2.75) is 45.7 Å². The Morgan fingerprint density at radius 1 is 1.57 bits per heavy atom. The highest BCUT2D eigenvalue weighted by atomic mass is 32.1. The van der Waals surface area contributed by atoms with E-state index in [0.717, 1.165) is 23.7 Å². The van der Waals surface area contributed by atoms with Crippen LogP contribution in [-0.2, 0) is 6.42 Å². The molecule has 0 spiro atoms. The van der Waals surface area contributed by atoms with Crippen LogP contribution in [0.25, 0.3) is 0 Å². The number of hydrogen-bond donors (Lipinski definition) is 2. The smallest absolute Gasteiger partial charge is 0.183 e. The van der Waals surface area contributed by atoms with Gasteiger partial charge < -0.3 is 11.1 Å². The average molecular weight is 213 g/mol. The van der Waals surface area contributed by atoms with Crippen molar-refractivity contribution in [2.75, 3.05) is 5.32 Å². The van der Waals surface area contributed by atoms with E-state index in [1.165, 1.54) is 0 Å². The van der Waals surface area contributed by atoms with Crippen LogP contribution < -0.4 is 11.1 Å². The molecule has 3 nitrogen and oxygen atoms in total. The minimum atomic E-state index is 0.239. The summed E-state index contributed by atoms with van der Waals surface area (Å²) in [5, 5.41) is 6.46. The van der Waals surface area contributed by atoms with Gasteiger partial charge >= 0.3 is 0 Å². The van der Waals surface area contributed by atoms with Gasteiger partial charge in [0.1, 0.15) is 0 Å². The lowest BCUT2D eigenvalue weighted by Crippen LogP contribution is -2.26. The summed E-state index contributed by atoms with van der Waals surface area (Å²) in [7, 11) is 0. The average Bonchev–Trinajstić information content (AvgIpc) is 2.50. The zero-order valence-electron chi connectivity index (χ0n) is 9.08. The maximum atomic E-state index is 5.72. The summed E-state index contributed by atoms with van der Waals surface area (Å²) in [5.41, 5.74) is 6.88. The summed E-state index contributed by atoms with van der Waals surface area (Å²) < 4.78 is 0. The van der Waals surface area contributed by atoms with E-state index < -0.39 is 0 Å². The Morgan fingerprint density at radius 2 is 2.29 bits per heavy atom. The quantitative estimate of drug-likeness (QED) is 0.788. The second kappa shape index (κ2) is 5.32. The highest BCUT2D eigenvalue weighted by Crippen LogP contribution is 2.17. The molecule has 1 aromatic heterocycles. The lowest BCUT2D eigenvalue weighted by molar-refractivity contribution is 0.604. The fourth-order valence-electron chi connectivity index (χ4n) is 1.36. The monoisotopic (exact) mass is 213 g/mol. The van der Waals surface area contributed by atoms with Crippen molar-refractivity contribution in [2.24, 2.45) is 5.73 Å². The van der Waals surface area contributed by atoms with Crippen LogP contribution in [0.4, 0.5) is 5.13 Å².